The van der Waals surface area contributed by atoms with Crippen LogP contribution in [0.15, 0.2) is 18.5 Å². The van der Waals surface area contributed by atoms with Crippen LogP contribution in [0, 0.1) is 11.8 Å². The average Bonchev–Trinajstić information content (AvgIpc) is 2.88. The molecule has 1 aromatic rings. The number of nitrogens with zero attached hydrogens (tertiary/aromatic N) is 2. The lowest BCUT2D eigenvalue weighted by Crippen LogP contribution is -2.31. The van der Waals surface area contributed by atoms with Gasteiger partial charge in [0.25, 0.3) is 5.91 Å². The molecular weight excluding hydrogens is 218 g/mol. The third kappa shape index (κ3) is 1.76. The molecule has 0 spiro atoms. The Balaban J connectivity index is 1.78. The predicted octanol–water partition coefficient (Wildman–Crippen LogP) is 0.0786. The van der Waals surface area contributed by atoms with E-state index in [2.05, 4.69) is 10.3 Å². The van der Waals surface area contributed by atoms with E-state index in [1.807, 2.05) is 4.90 Å². The number of nitrogens with one attached hydrogen (secondary N) is 1. The number of hydrogen-bond donors (Lipinski definition) is 2. The zero-order chi connectivity index (χ0) is 11.8. The number of fused-ring (bicyclic) bond motifs is 1. The first kappa shape index (κ1) is 10.5. The SMILES string of the molecule is O=C(c1ccncc1O)N1CC2CNCC2C1. The molecule has 5 nitrogen and oxygen atoms in total. The van der Waals surface area contributed by atoms with Gasteiger partial charge in [0.05, 0.1) is 11.8 Å². The van der Waals surface area contributed by atoms with E-state index in [4.69, 9.17) is 0 Å². The Labute approximate surface area is 99.5 Å². The van der Waals surface area contributed by atoms with Gasteiger partial charge in [-0.05, 0) is 17.9 Å². The van der Waals surface area contributed by atoms with Crippen LogP contribution in [0.25, 0.3) is 0 Å². The van der Waals surface area contributed by atoms with Crippen molar-refractivity contribution in [1.82, 2.24) is 15.2 Å². The van der Waals surface area contributed by atoms with Gasteiger partial charge in [-0.25, -0.2) is 0 Å². The summed E-state index contributed by atoms with van der Waals surface area (Å²) in [6, 6.07) is 1.57. The van der Waals surface area contributed by atoms with Crippen molar-refractivity contribution in [3.05, 3.63) is 24.0 Å². The molecule has 2 aliphatic rings. The van der Waals surface area contributed by atoms with Crippen molar-refractivity contribution < 1.29 is 9.90 Å². The third-order valence-electron chi connectivity index (χ3n) is 3.71. The lowest BCUT2D eigenvalue weighted by atomic mass is 10.0. The Hall–Kier alpha value is -1.62. The number of aromatic hydroxyl groups is 1. The molecule has 2 saturated heterocycles. The Morgan fingerprint density at radius 1 is 1.41 bits per heavy atom. The summed E-state index contributed by atoms with van der Waals surface area (Å²) in [6.45, 7) is 3.57. The third-order valence-corrected chi connectivity index (χ3v) is 3.71. The molecule has 17 heavy (non-hydrogen) atoms. The van der Waals surface area contributed by atoms with Crippen molar-refractivity contribution in [2.24, 2.45) is 11.8 Å². The highest BCUT2D eigenvalue weighted by atomic mass is 16.3. The van der Waals surface area contributed by atoms with Crippen LogP contribution >= 0.6 is 0 Å². The topological polar surface area (TPSA) is 65.5 Å². The molecule has 0 radical (unpaired) electrons. The summed E-state index contributed by atoms with van der Waals surface area (Å²) in [7, 11) is 0. The van der Waals surface area contributed by atoms with Gasteiger partial charge >= 0.3 is 0 Å². The van der Waals surface area contributed by atoms with Crippen molar-refractivity contribution in [2.45, 2.75) is 0 Å². The van der Waals surface area contributed by atoms with Gasteiger partial charge in [-0.2, -0.15) is 0 Å². The Kier molecular flexibility index (Phi) is 2.48. The summed E-state index contributed by atoms with van der Waals surface area (Å²) in [6.07, 6.45) is 2.84. The van der Waals surface area contributed by atoms with Crippen LogP contribution < -0.4 is 5.32 Å². The molecule has 90 valence electrons. The van der Waals surface area contributed by atoms with Crippen LogP contribution in [0.1, 0.15) is 10.4 Å². The summed E-state index contributed by atoms with van der Waals surface area (Å²) in [5, 5.41) is 13.0. The molecule has 2 unspecified atom stereocenters. The van der Waals surface area contributed by atoms with E-state index in [0.717, 1.165) is 26.2 Å². The highest BCUT2D eigenvalue weighted by Crippen LogP contribution is 2.28. The van der Waals surface area contributed by atoms with E-state index in [-0.39, 0.29) is 11.7 Å². The van der Waals surface area contributed by atoms with Crippen molar-refractivity contribution in [1.29, 1.82) is 0 Å². The maximum Gasteiger partial charge on any atom is 0.257 e. The maximum atomic E-state index is 12.2. The van der Waals surface area contributed by atoms with Crippen molar-refractivity contribution in [3.8, 4) is 5.75 Å². The van der Waals surface area contributed by atoms with Gasteiger partial charge < -0.3 is 15.3 Å². The minimum Gasteiger partial charge on any atom is -0.505 e. The minimum atomic E-state index is -0.0840. The summed E-state index contributed by atoms with van der Waals surface area (Å²) >= 11 is 0. The lowest BCUT2D eigenvalue weighted by Gasteiger charge is -2.17. The van der Waals surface area contributed by atoms with E-state index in [9.17, 15) is 9.90 Å². The molecule has 5 heteroatoms. The van der Waals surface area contributed by atoms with E-state index < -0.39 is 0 Å². The van der Waals surface area contributed by atoms with Crippen LogP contribution in [-0.4, -0.2) is 47.1 Å². The number of pyridine rings is 1. The monoisotopic (exact) mass is 233 g/mol. The molecule has 3 heterocycles. The molecule has 1 amide bonds. The molecule has 2 atom stereocenters. The Bertz CT molecular complexity index is 437. The van der Waals surface area contributed by atoms with Crippen LogP contribution in [0.5, 0.6) is 5.75 Å². The highest BCUT2D eigenvalue weighted by molar-refractivity contribution is 5.96. The number of amides is 1. The van der Waals surface area contributed by atoms with Crippen LogP contribution in [0.2, 0.25) is 0 Å². The number of likely N-dealkylation sites (tertiary alicyclic amines) is 1. The molecular formula is C12H15N3O2. The van der Waals surface area contributed by atoms with Gasteiger partial charge in [0.1, 0.15) is 5.75 Å². The van der Waals surface area contributed by atoms with E-state index in [1.54, 1.807) is 6.07 Å². The second-order valence-corrected chi connectivity index (χ2v) is 4.78. The molecule has 1 aromatic heterocycles. The van der Waals surface area contributed by atoms with Crippen LogP contribution in [0.3, 0.4) is 0 Å². The van der Waals surface area contributed by atoms with E-state index in [0.29, 0.717) is 17.4 Å². The maximum absolute atomic E-state index is 12.2. The van der Waals surface area contributed by atoms with Gasteiger partial charge in [0.2, 0.25) is 0 Å². The fourth-order valence-corrected chi connectivity index (χ4v) is 2.76. The van der Waals surface area contributed by atoms with Gasteiger partial charge in [-0.3, -0.25) is 9.78 Å². The first-order chi connectivity index (χ1) is 8.25. The molecule has 3 rings (SSSR count). The first-order valence-electron chi connectivity index (χ1n) is 5.88. The standard InChI is InChI=1S/C12H15N3O2/c16-11-5-13-2-1-10(11)12(17)15-6-8-3-14-4-9(8)7-15/h1-2,5,8-9,14,16H,3-4,6-7H2. The molecule has 2 N–H and O–H groups in total. The second kappa shape index (κ2) is 4.00. The minimum absolute atomic E-state index is 0.0346. The highest BCUT2D eigenvalue weighted by Gasteiger charge is 2.38. The van der Waals surface area contributed by atoms with Gasteiger partial charge in [0, 0.05) is 32.4 Å². The quantitative estimate of drug-likeness (QED) is 0.721. The zero-order valence-electron chi connectivity index (χ0n) is 9.47. The van der Waals surface area contributed by atoms with Crippen molar-refractivity contribution in [2.75, 3.05) is 26.2 Å². The lowest BCUT2D eigenvalue weighted by molar-refractivity contribution is 0.0778. The number of carbonyl (C=O) groups excluding carboxylic acids is 1. The fraction of sp³-hybridized carbons (Fsp3) is 0.500. The fourth-order valence-electron chi connectivity index (χ4n) is 2.76. The molecule has 0 aliphatic carbocycles. The van der Waals surface area contributed by atoms with Gasteiger partial charge in [-0.15, -0.1) is 0 Å². The molecule has 2 aliphatic heterocycles. The Morgan fingerprint density at radius 3 is 2.76 bits per heavy atom. The predicted molar refractivity (Wildman–Crippen MR) is 61.7 cm³/mol. The van der Waals surface area contributed by atoms with Gasteiger partial charge in [0.15, 0.2) is 0 Å². The van der Waals surface area contributed by atoms with Crippen molar-refractivity contribution >= 4 is 5.91 Å². The summed E-state index contributed by atoms with van der Waals surface area (Å²) in [5.74, 6) is 1.03. The largest absolute Gasteiger partial charge is 0.505 e. The average molecular weight is 233 g/mol. The number of hydrogen-bond acceptors (Lipinski definition) is 4. The number of carbonyl (C=O) groups is 1. The normalized spacial score (nSPS) is 27.2. The molecule has 0 saturated carbocycles. The Morgan fingerprint density at radius 2 is 2.12 bits per heavy atom. The molecule has 2 fully saturated rings. The van der Waals surface area contributed by atoms with Crippen LogP contribution in [0.4, 0.5) is 0 Å². The summed E-state index contributed by atoms with van der Waals surface area (Å²) in [5.41, 5.74) is 0.355. The second-order valence-electron chi connectivity index (χ2n) is 4.78. The smallest absolute Gasteiger partial charge is 0.257 e. The summed E-state index contributed by atoms with van der Waals surface area (Å²) < 4.78 is 0. The van der Waals surface area contributed by atoms with Crippen LogP contribution in [-0.2, 0) is 0 Å². The number of aromatic nitrogens is 1. The zero-order valence-corrected chi connectivity index (χ0v) is 9.47. The van der Waals surface area contributed by atoms with Gasteiger partial charge in [-0.1, -0.05) is 0 Å². The van der Waals surface area contributed by atoms with E-state index in [1.165, 1.54) is 12.4 Å². The summed E-state index contributed by atoms with van der Waals surface area (Å²) in [4.78, 5) is 17.8. The number of rotatable bonds is 1. The molecule has 0 aromatic carbocycles. The first-order valence-corrected chi connectivity index (χ1v) is 5.88. The van der Waals surface area contributed by atoms with E-state index >= 15 is 0 Å². The van der Waals surface area contributed by atoms with Crippen molar-refractivity contribution in [3.63, 3.8) is 0 Å². The molecule has 0 bridgehead atoms.